The van der Waals surface area contributed by atoms with E-state index in [1.54, 1.807) is 0 Å². The minimum absolute atomic E-state index is 0.105. The second kappa shape index (κ2) is 67.2. The predicted molar refractivity (Wildman–Crippen MR) is 395 cm³/mol. The second-order valence-electron chi connectivity index (χ2n) is 29.3. The van der Waals surface area contributed by atoms with Crippen LogP contribution in [0.2, 0.25) is 0 Å². The van der Waals surface area contributed by atoms with Crippen molar-refractivity contribution in [3.63, 3.8) is 0 Å². The molecule has 8 atom stereocenters. The monoisotopic (exact) mass is 1420 g/mol. The maximum absolute atomic E-state index is 13.1. The summed E-state index contributed by atoms with van der Waals surface area (Å²) in [6.45, 7) is 14.2. The zero-order chi connectivity index (χ0) is 71.7. The van der Waals surface area contributed by atoms with Gasteiger partial charge in [-0.05, 0) is 49.4 Å². The second-order valence-corrected chi connectivity index (χ2v) is 32.2. The number of aliphatic hydroxyl groups is 1. The summed E-state index contributed by atoms with van der Waals surface area (Å²) in [6, 6.07) is 0. The van der Waals surface area contributed by atoms with Crippen LogP contribution in [0.1, 0.15) is 396 Å². The highest BCUT2D eigenvalue weighted by molar-refractivity contribution is 7.47. The summed E-state index contributed by atoms with van der Waals surface area (Å²) >= 11 is 0. The zero-order valence-corrected chi connectivity index (χ0v) is 65.5. The van der Waals surface area contributed by atoms with E-state index in [2.05, 4.69) is 55.4 Å². The van der Waals surface area contributed by atoms with Gasteiger partial charge in [-0.1, -0.05) is 344 Å². The van der Waals surface area contributed by atoms with Crippen molar-refractivity contribution in [2.24, 2.45) is 23.7 Å². The van der Waals surface area contributed by atoms with Gasteiger partial charge in [-0.3, -0.25) is 37.3 Å². The summed E-state index contributed by atoms with van der Waals surface area (Å²) in [7, 11) is -9.92. The molecule has 5 unspecified atom stereocenters. The SMILES string of the molecule is CCC(C)CCCCCCCCCCCCCCCCCCCCC(=O)O[C@H](COC(=O)CCCCCCCCC(C)CC)COP(=O)(O)OC[C@H](O)COP(=O)(O)OC[C@@H](COC(=O)CCCCCCCCC(C)CC)OC(=O)CCCCCCCCCCCCCCC(C)C. The number of carbonyl (C=O) groups excluding carboxylic acids is 4. The Hall–Kier alpha value is -1.94. The van der Waals surface area contributed by atoms with Crippen LogP contribution in [0.4, 0.5) is 0 Å². The van der Waals surface area contributed by atoms with Gasteiger partial charge in [-0.15, -0.1) is 0 Å². The molecule has 0 rings (SSSR count). The van der Waals surface area contributed by atoms with Crippen molar-refractivity contribution in [2.75, 3.05) is 39.6 Å². The number of rotatable bonds is 75. The van der Waals surface area contributed by atoms with Gasteiger partial charge in [0, 0.05) is 25.7 Å². The van der Waals surface area contributed by atoms with Gasteiger partial charge in [0.15, 0.2) is 12.2 Å². The van der Waals surface area contributed by atoms with Crippen LogP contribution in [0, 0.1) is 23.7 Å². The Morgan fingerprint density at radius 2 is 0.495 bits per heavy atom. The molecule has 97 heavy (non-hydrogen) atoms. The highest BCUT2D eigenvalue weighted by Crippen LogP contribution is 2.45. The van der Waals surface area contributed by atoms with E-state index in [0.29, 0.717) is 25.7 Å². The average molecular weight is 1420 g/mol. The Bertz CT molecular complexity index is 1910. The van der Waals surface area contributed by atoms with E-state index in [9.17, 15) is 43.2 Å². The van der Waals surface area contributed by atoms with Gasteiger partial charge in [0.1, 0.15) is 19.3 Å². The smallest absolute Gasteiger partial charge is 0.462 e. The lowest BCUT2D eigenvalue weighted by Gasteiger charge is -2.21. The molecule has 19 heteroatoms. The molecule has 0 aromatic carbocycles. The molecule has 0 aliphatic heterocycles. The summed E-state index contributed by atoms with van der Waals surface area (Å²) < 4.78 is 68.5. The van der Waals surface area contributed by atoms with Crippen molar-refractivity contribution < 1.29 is 80.2 Å². The van der Waals surface area contributed by atoms with Crippen LogP contribution in [0.3, 0.4) is 0 Å². The Balaban J connectivity index is 5.18. The lowest BCUT2D eigenvalue weighted by molar-refractivity contribution is -0.161. The molecule has 0 saturated heterocycles. The summed E-state index contributed by atoms with van der Waals surface area (Å²) in [6.07, 6.45) is 52.9. The molecule has 0 aliphatic carbocycles. The molecule has 0 radical (unpaired) electrons. The Labute approximate surface area is 594 Å². The first-order valence-corrected chi connectivity index (χ1v) is 43.3. The van der Waals surface area contributed by atoms with Gasteiger partial charge >= 0.3 is 39.5 Å². The maximum Gasteiger partial charge on any atom is 0.472 e. The number of esters is 4. The van der Waals surface area contributed by atoms with Crippen molar-refractivity contribution in [1.29, 1.82) is 0 Å². The Kier molecular flexibility index (Phi) is 65.9. The molecule has 0 spiro atoms. The molecule has 0 bridgehead atoms. The zero-order valence-electron chi connectivity index (χ0n) is 63.7. The molecule has 0 aromatic rings. The highest BCUT2D eigenvalue weighted by Gasteiger charge is 2.30. The molecule has 0 amide bonds. The van der Waals surface area contributed by atoms with Crippen molar-refractivity contribution >= 4 is 39.5 Å². The third-order valence-corrected chi connectivity index (χ3v) is 21.1. The first-order valence-electron chi connectivity index (χ1n) is 40.3. The summed E-state index contributed by atoms with van der Waals surface area (Å²) in [5, 5.41) is 10.6. The van der Waals surface area contributed by atoms with Crippen molar-refractivity contribution in [3.05, 3.63) is 0 Å². The summed E-state index contributed by atoms with van der Waals surface area (Å²) in [5.41, 5.74) is 0. The Morgan fingerprint density at radius 3 is 0.732 bits per heavy atom. The predicted octanol–water partition coefficient (Wildman–Crippen LogP) is 22.8. The average Bonchev–Trinajstić information content (AvgIpc) is 1.07. The van der Waals surface area contributed by atoms with Crippen LogP contribution < -0.4 is 0 Å². The normalized spacial score (nSPS) is 14.9. The summed E-state index contributed by atoms with van der Waals surface area (Å²) in [5.74, 6) is 0.988. The molecule has 3 N–H and O–H groups in total. The number of hydrogen-bond acceptors (Lipinski definition) is 15. The van der Waals surface area contributed by atoms with E-state index in [1.807, 2.05) is 0 Å². The van der Waals surface area contributed by atoms with Crippen molar-refractivity contribution in [2.45, 2.75) is 414 Å². The van der Waals surface area contributed by atoms with Gasteiger partial charge < -0.3 is 33.8 Å². The first-order chi connectivity index (χ1) is 46.7. The lowest BCUT2D eigenvalue weighted by Crippen LogP contribution is -2.30. The quantitative estimate of drug-likeness (QED) is 0.0222. The third-order valence-electron chi connectivity index (χ3n) is 19.2. The molecular formula is C78H152O17P2. The number of hydrogen-bond donors (Lipinski definition) is 3. The lowest BCUT2D eigenvalue weighted by atomic mass is 9.99. The van der Waals surface area contributed by atoms with Gasteiger partial charge in [-0.2, -0.15) is 0 Å². The van der Waals surface area contributed by atoms with E-state index in [0.717, 1.165) is 126 Å². The number of ether oxygens (including phenoxy) is 4. The fourth-order valence-corrected chi connectivity index (χ4v) is 13.4. The minimum atomic E-state index is -4.96. The van der Waals surface area contributed by atoms with E-state index >= 15 is 0 Å². The van der Waals surface area contributed by atoms with Crippen LogP contribution in [-0.4, -0.2) is 96.7 Å². The number of phosphoric ester groups is 2. The maximum atomic E-state index is 13.1. The van der Waals surface area contributed by atoms with Gasteiger partial charge in [0.05, 0.1) is 26.4 Å². The minimum Gasteiger partial charge on any atom is -0.462 e. The van der Waals surface area contributed by atoms with Crippen LogP contribution in [0.5, 0.6) is 0 Å². The van der Waals surface area contributed by atoms with E-state index in [4.69, 9.17) is 37.0 Å². The van der Waals surface area contributed by atoms with Gasteiger partial charge in [-0.25, -0.2) is 9.13 Å². The molecule has 0 fully saturated rings. The molecule has 0 aromatic heterocycles. The fraction of sp³-hybridized carbons (Fsp3) is 0.949. The molecular weight excluding hydrogens is 1270 g/mol. The van der Waals surface area contributed by atoms with Crippen LogP contribution >= 0.6 is 15.6 Å². The number of unbranched alkanes of at least 4 members (excludes halogenated alkanes) is 38. The van der Waals surface area contributed by atoms with E-state index < -0.39 is 97.5 Å². The van der Waals surface area contributed by atoms with Crippen LogP contribution in [0.15, 0.2) is 0 Å². The largest absolute Gasteiger partial charge is 0.472 e. The standard InChI is InChI=1S/C78H152O17P2/c1-9-69(6)55-47-39-31-27-23-18-16-14-12-13-15-17-19-24-28-32-44-52-60-77(82)94-73(64-88-75(80)58-50-42-36-34-40-48-56-70(7)10-2)66-92-96(84,85)90-62-72(79)63-91-97(86,87)93-67-74(65-89-76(81)59-51-43-37-35-41-49-57-71(8)11-3)95-78(83)61-53-45-33-29-25-21-20-22-26-30-38-46-54-68(4)5/h68-74,79H,9-67H2,1-8H3,(H,84,85)(H,86,87)/t69?,70?,71?,72-,73+,74+/m0/s1. The fourth-order valence-electron chi connectivity index (χ4n) is 11.8. The van der Waals surface area contributed by atoms with Crippen LogP contribution in [-0.2, 0) is 65.4 Å². The van der Waals surface area contributed by atoms with Crippen LogP contribution in [0.25, 0.3) is 0 Å². The highest BCUT2D eigenvalue weighted by atomic mass is 31.2. The number of phosphoric acid groups is 2. The molecule has 0 heterocycles. The van der Waals surface area contributed by atoms with Crippen molar-refractivity contribution in [1.82, 2.24) is 0 Å². The third kappa shape index (κ3) is 68.3. The molecule has 17 nitrogen and oxygen atoms in total. The van der Waals surface area contributed by atoms with E-state index in [-0.39, 0.29) is 25.7 Å². The van der Waals surface area contributed by atoms with Crippen molar-refractivity contribution in [3.8, 4) is 0 Å². The number of aliphatic hydroxyl groups excluding tert-OH is 1. The Morgan fingerprint density at radius 1 is 0.289 bits per heavy atom. The molecule has 576 valence electrons. The topological polar surface area (TPSA) is 237 Å². The van der Waals surface area contributed by atoms with Gasteiger partial charge in [0.2, 0.25) is 0 Å². The number of carbonyl (C=O) groups is 4. The molecule has 0 aliphatic rings. The summed E-state index contributed by atoms with van der Waals surface area (Å²) in [4.78, 5) is 72.8. The van der Waals surface area contributed by atoms with E-state index in [1.165, 1.54) is 186 Å². The molecule has 0 saturated carbocycles. The first kappa shape index (κ1) is 95.1. The van der Waals surface area contributed by atoms with Gasteiger partial charge in [0.25, 0.3) is 0 Å².